The summed E-state index contributed by atoms with van der Waals surface area (Å²) >= 11 is 0. The van der Waals surface area contributed by atoms with E-state index in [1.807, 2.05) is 20.9 Å². The highest BCUT2D eigenvalue weighted by atomic mass is 16.5. The second kappa shape index (κ2) is 13.5. The van der Waals surface area contributed by atoms with Gasteiger partial charge in [-0.3, -0.25) is 14.9 Å². The first-order valence-electron chi connectivity index (χ1n) is 14.8. The summed E-state index contributed by atoms with van der Waals surface area (Å²) in [5.41, 5.74) is 2.39. The Morgan fingerprint density at radius 3 is 2.13 bits per heavy atom. The number of amides is 1. The molecule has 0 aromatic carbocycles. The molecule has 38 heavy (non-hydrogen) atoms. The number of ether oxygens (including phenoxy) is 1. The number of nitrogens with zero attached hydrogens (tertiary/aromatic N) is 1. The van der Waals surface area contributed by atoms with Gasteiger partial charge in [0, 0.05) is 13.0 Å². The Balaban J connectivity index is 2.28. The largest absolute Gasteiger partial charge is 0.463 e. The first-order chi connectivity index (χ1) is 17.6. The van der Waals surface area contributed by atoms with E-state index < -0.39 is 0 Å². The molecule has 2 rings (SSSR count). The maximum absolute atomic E-state index is 13.4. The van der Waals surface area contributed by atoms with Crippen molar-refractivity contribution >= 4 is 11.9 Å². The molecular formula is C33H56N2O3. The van der Waals surface area contributed by atoms with Gasteiger partial charge < -0.3 is 9.64 Å². The zero-order valence-electron chi connectivity index (χ0n) is 26.1. The quantitative estimate of drug-likeness (QED) is 0.233. The molecule has 1 N–H and O–H groups in total. The maximum Gasteiger partial charge on any atom is 0.310 e. The SMILES string of the molecule is CNC1(N(C(C)=O)C(CCC(C)(C)C)CC2=CCC=C(CC(=O)OC(C)C)C=C2)CCC(C(C)(C)C)CC1. The third-order valence-electron chi connectivity index (χ3n) is 8.35. The van der Waals surface area contributed by atoms with Crippen molar-refractivity contribution in [2.45, 2.75) is 138 Å². The van der Waals surface area contributed by atoms with Gasteiger partial charge >= 0.3 is 5.97 Å². The molecule has 1 amide bonds. The third kappa shape index (κ3) is 9.70. The van der Waals surface area contributed by atoms with Crippen LogP contribution in [0, 0.1) is 16.7 Å². The monoisotopic (exact) mass is 528 g/mol. The maximum atomic E-state index is 13.4. The van der Waals surface area contributed by atoms with Crippen LogP contribution in [-0.4, -0.2) is 41.6 Å². The van der Waals surface area contributed by atoms with Crippen LogP contribution >= 0.6 is 0 Å². The summed E-state index contributed by atoms with van der Waals surface area (Å²) in [6.45, 7) is 19.4. The van der Waals surface area contributed by atoms with Gasteiger partial charge in [0.15, 0.2) is 0 Å². The number of nitrogens with one attached hydrogen (secondary N) is 1. The summed E-state index contributed by atoms with van der Waals surface area (Å²) in [4.78, 5) is 27.8. The molecule has 0 heterocycles. The topological polar surface area (TPSA) is 58.6 Å². The van der Waals surface area contributed by atoms with E-state index in [2.05, 4.69) is 76.1 Å². The van der Waals surface area contributed by atoms with Crippen LogP contribution < -0.4 is 5.32 Å². The number of esters is 1. The van der Waals surface area contributed by atoms with Gasteiger partial charge in [-0.2, -0.15) is 0 Å². The number of rotatable bonds is 10. The standard InChI is InChI=1S/C33H56N2O3/c1-24(2)38-30(37)23-27-13-11-12-26(14-15-27)22-29(18-19-31(4,5)6)35(25(3)36)33(34-10)20-16-28(17-21-33)32(7,8)9/h12-15,24,28-29,34H,11,16-23H2,1-10H3. The molecule has 5 heteroatoms. The second-order valence-corrected chi connectivity index (χ2v) is 14.1. The molecule has 5 nitrogen and oxygen atoms in total. The lowest BCUT2D eigenvalue weighted by molar-refractivity contribution is -0.146. The number of hydrogen-bond acceptors (Lipinski definition) is 4. The van der Waals surface area contributed by atoms with Gasteiger partial charge in [0.05, 0.1) is 18.2 Å². The Labute approximate surface area is 233 Å². The van der Waals surface area contributed by atoms with E-state index in [9.17, 15) is 9.59 Å². The molecular weight excluding hydrogens is 472 g/mol. The Hall–Kier alpha value is -1.88. The van der Waals surface area contributed by atoms with Gasteiger partial charge in [0.1, 0.15) is 0 Å². The minimum atomic E-state index is -0.310. The van der Waals surface area contributed by atoms with Crippen molar-refractivity contribution in [2.75, 3.05) is 7.05 Å². The summed E-state index contributed by atoms with van der Waals surface area (Å²) in [5.74, 6) is 0.637. The van der Waals surface area contributed by atoms with E-state index >= 15 is 0 Å². The van der Waals surface area contributed by atoms with Crippen molar-refractivity contribution in [3.05, 3.63) is 35.5 Å². The molecule has 0 aromatic heterocycles. The van der Waals surface area contributed by atoms with Crippen LogP contribution in [0.4, 0.5) is 0 Å². The van der Waals surface area contributed by atoms with E-state index in [0.29, 0.717) is 12.3 Å². The van der Waals surface area contributed by atoms with Gasteiger partial charge in [0.25, 0.3) is 0 Å². The van der Waals surface area contributed by atoms with Gasteiger partial charge in [0.2, 0.25) is 5.91 Å². The normalized spacial score (nSPS) is 23.4. The summed E-state index contributed by atoms with van der Waals surface area (Å²) in [6, 6.07) is 0.105. The van der Waals surface area contributed by atoms with Gasteiger partial charge in [-0.05, 0) is 100 Å². The van der Waals surface area contributed by atoms with Crippen LogP contribution in [0.1, 0.15) is 120 Å². The smallest absolute Gasteiger partial charge is 0.310 e. The van der Waals surface area contributed by atoms with Gasteiger partial charge in [-0.15, -0.1) is 0 Å². The fraction of sp³-hybridized carbons (Fsp3) is 0.758. The van der Waals surface area contributed by atoms with Gasteiger partial charge in [-0.25, -0.2) is 0 Å². The fourth-order valence-corrected chi connectivity index (χ4v) is 6.14. The van der Waals surface area contributed by atoms with E-state index in [1.165, 1.54) is 5.57 Å². The molecule has 0 aromatic rings. The van der Waals surface area contributed by atoms with Crippen LogP contribution in [-0.2, 0) is 14.3 Å². The first-order valence-corrected chi connectivity index (χ1v) is 14.8. The fourth-order valence-electron chi connectivity index (χ4n) is 6.14. The zero-order chi connectivity index (χ0) is 28.7. The van der Waals surface area contributed by atoms with Crippen molar-refractivity contribution in [1.82, 2.24) is 10.2 Å². The lowest BCUT2D eigenvalue weighted by atomic mass is 9.69. The van der Waals surface area contributed by atoms with Crippen LogP contribution in [0.2, 0.25) is 0 Å². The van der Waals surface area contributed by atoms with E-state index in [1.54, 1.807) is 6.92 Å². The van der Waals surface area contributed by atoms with Crippen LogP contribution in [0.3, 0.4) is 0 Å². The Bertz CT molecular complexity index is 890. The minimum Gasteiger partial charge on any atom is -0.463 e. The number of carbonyl (C=O) groups is 2. The van der Waals surface area contributed by atoms with Crippen molar-refractivity contribution in [3.8, 4) is 0 Å². The molecule has 1 unspecified atom stereocenters. The summed E-state index contributed by atoms with van der Waals surface area (Å²) in [7, 11) is 2.03. The third-order valence-corrected chi connectivity index (χ3v) is 8.35. The molecule has 0 spiro atoms. The zero-order valence-corrected chi connectivity index (χ0v) is 26.1. The van der Waals surface area contributed by atoms with Crippen molar-refractivity contribution < 1.29 is 14.3 Å². The van der Waals surface area contributed by atoms with Crippen molar-refractivity contribution in [2.24, 2.45) is 16.7 Å². The van der Waals surface area contributed by atoms with Crippen molar-refractivity contribution in [3.63, 3.8) is 0 Å². The van der Waals surface area contributed by atoms with E-state index in [-0.39, 0.29) is 40.5 Å². The molecule has 1 atom stereocenters. The Morgan fingerprint density at radius 2 is 1.63 bits per heavy atom. The predicted octanol–water partition coefficient (Wildman–Crippen LogP) is 7.73. The van der Waals surface area contributed by atoms with Crippen LogP contribution in [0.25, 0.3) is 0 Å². The Morgan fingerprint density at radius 1 is 1.05 bits per heavy atom. The van der Waals surface area contributed by atoms with Crippen LogP contribution in [0.5, 0.6) is 0 Å². The highest BCUT2D eigenvalue weighted by Gasteiger charge is 2.45. The molecule has 1 fully saturated rings. The molecule has 2 aliphatic rings. The molecule has 0 bridgehead atoms. The van der Waals surface area contributed by atoms with Crippen molar-refractivity contribution in [1.29, 1.82) is 0 Å². The molecule has 2 aliphatic carbocycles. The average molecular weight is 529 g/mol. The predicted molar refractivity (Wildman–Crippen MR) is 159 cm³/mol. The highest BCUT2D eigenvalue weighted by molar-refractivity contribution is 5.75. The Kier molecular flexibility index (Phi) is 11.5. The summed E-state index contributed by atoms with van der Waals surface area (Å²) in [5, 5.41) is 3.65. The van der Waals surface area contributed by atoms with E-state index in [0.717, 1.165) is 56.9 Å². The van der Waals surface area contributed by atoms with E-state index in [4.69, 9.17) is 4.74 Å². The number of hydrogen-bond donors (Lipinski definition) is 1. The summed E-state index contributed by atoms with van der Waals surface area (Å²) in [6.07, 6.45) is 16.6. The average Bonchev–Trinajstić information content (AvgIpc) is 3.00. The lowest BCUT2D eigenvalue weighted by Gasteiger charge is -2.52. The van der Waals surface area contributed by atoms with Crippen LogP contribution in [0.15, 0.2) is 35.5 Å². The molecule has 1 saturated carbocycles. The first kappa shape index (κ1) is 32.3. The lowest BCUT2D eigenvalue weighted by Crippen LogP contribution is -2.64. The highest BCUT2D eigenvalue weighted by Crippen LogP contribution is 2.44. The molecule has 216 valence electrons. The molecule has 0 radical (unpaired) electrons. The second-order valence-electron chi connectivity index (χ2n) is 14.1. The van der Waals surface area contributed by atoms with Gasteiger partial charge in [-0.1, -0.05) is 65.8 Å². The summed E-state index contributed by atoms with van der Waals surface area (Å²) < 4.78 is 5.34. The molecule has 0 aliphatic heterocycles. The number of carbonyl (C=O) groups excluding carboxylic acids is 2. The molecule has 0 saturated heterocycles. The minimum absolute atomic E-state index is 0.105. The number of allylic oxidation sites excluding steroid dienone is 4.